The lowest BCUT2D eigenvalue weighted by Crippen LogP contribution is -2.48. The van der Waals surface area contributed by atoms with Crippen LogP contribution in [0.3, 0.4) is 0 Å². The van der Waals surface area contributed by atoms with Gasteiger partial charge in [0.1, 0.15) is 17.5 Å². The molecule has 10 nitrogen and oxygen atoms in total. The molecule has 12 heteroatoms. The van der Waals surface area contributed by atoms with Gasteiger partial charge in [0, 0.05) is 43.9 Å². The van der Waals surface area contributed by atoms with Crippen LogP contribution < -0.4 is 10.6 Å². The zero-order valence-corrected chi connectivity index (χ0v) is 26.7. The molecule has 3 rings (SSSR count). The molecule has 0 spiro atoms. The minimum absolute atomic E-state index is 0.0773. The Morgan fingerprint density at radius 3 is 2.57 bits per heavy atom. The number of nitrogens with one attached hydrogen (secondary N) is 2. The Balaban J connectivity index is 1.77. The Bertz CT molecular complexity index is 1250. The molecule has 3 amide bonds. The minimum Gasteiger partial charge on any atom is -0.453 e. The summed E-state index contributed by atoms with van der Waals surface area (Å²) in [7, 11) is 2.93. The summed E-state index contributed by atoms with van der Waals surface area (Å²) in [4.78, 5) is 39.3. The number of likely N-dealkylation sites (N-methyl/N-ethyl adjacent to an activating group) is 1. The fourth-order valence-electron chi connectivity index (χ4n) is 4.91. The fraction of sp³-hybridized carbons (Fsp3) is 0.531. The second-order valence-corrected chi connectivity index (χ2v) is 12.2. The van der Waals surface area contributed by atoms with Crippen molar-refractivity contribution < 1.29 is 37.7 Å². The van der Waals surface area contributed by atoms with E-state index in [9.17, 15) is 18.8 Å². The van der Waals surface area contributed by atoms with E-state index >= 15 is 0 Å². The Morgan fingerprint density at radius 1 is 1.14 bits per heavy atom. The molecule has 2 aromatic carbocycles. The first kappa shape index (κ1) is 35.1. The average Bonchev–Trinajstić information content (AvgIpc) is 2.97. The van der Waals surface area contributed by atoms with Gasteiger partial charge >= 0.3 is 12.2 Å². The number of methoxy groups -OCH3 is 1. The summed E-state index contributed by atoms with van der Waals surface area (Å²) < 4.78 is 36.1. The molecule has 2 N–H and O–H groups in total. The van der Waals surface area contributed by atoms with Crippen molar-refractivity contribution in [2.75, 3.05) is 47.1 Å². The third kappa shape index (κ3) is 11.3. The number of hydrogen-bond acceptors (Lipinski definition) is 7. The molecule has 242 valence electrons. The van der Waals surface area contributed by atoms with Gasteiger partial charge in [-0.2, -0.15) is 0 Å². The van der Waals surface area contributed by atoms with Crippen molar-refractivity contribution in [2.24, 2.45) is 5.92 Å². The van der Waals surface area contributed by atoms with Crippen molar-refractivity contribution in [3.63, 3.8) is 0 Å². The Labute approximate surface area is 263 Å². The van der Waals surface area contributed by atoms with Gasteiger partial charge in [0.15, 0.2) is 0 Å². The summed E-state index contributed by atoms with van der Waals surface area (Å²) in [6.45, 7) is 7.18. The molecule has 1 unspecified atom stereocenters. The first-order valence-electron chi connectivity index (χ1n) is 14.7. The van der Waals surface area contributed by atoms with Crippen molar-refractivity contribution in [2.45, 2.75) is 57.8 Å². The summed E-state index contributed by atoms with van der Waals surface area (Å²) in [5.41, 5.74) is 0.720. The standard InChI is InChI=1S/C32H43ClFN3O7/c1-32(2,3)44-31(40)37(4)27(14-21-8-7-12-42-20-21)19-36-29(38)23-10-6-9-22(15-23)28(43-13-11-35-30(39)41-5)24-16-25(33)18-26(34)17-24/h6,9-10,15-18,21,27-28H,7-8,11-14,19-20H2,1-5H3,(H,35,39)(H,36,38)/t21-,27+,28?/m1/s1. The van der Waals surface area contributed by atoms with E-state index < -0.39 is 29.7 Å². The number of benzene rings is 2. The number of hydrogen-bond donors (Lipinski definition) is 2. The van der Waals surface area contributed by atoms with E-state index in [0.717, 1.165) is 19.4 Å². The molecule has 1 saturated heterocycles. The average molecular weight is 636 g/mol. The van der Waals surface area contributed by atoms with Crippen LogP contribution in [0, 0.1) is 11.7 Å². The smallest absolute Gasteiger partial charge is 0.410 e. The highest BCUT2D eigenvalue weighted by Crippen LogP contribution is 2.30. The summed E-state index contributed by atoms with van der Waals surface area (Å²) in [6.07, 6.45) is 0.717. The molecule has 0 aromatic heterocycles. The van der Waals surface area contributed by atoms with E-state index in [1.165, 1.54) is 24.1 Å². The van der Waals surface area contributed by atoms with Crippen LogP contribution in [0.1, 0.15) is 67.6 Å². The van der Waals surface area contributed by atoms with Gasteiger partial charge in [-0.1, -0.05) is 23.7 Å². The molecule has 1 heterocycles. The quantitative estimate of drug-likeness (QED) is 0.287. The summed E-state index contributed by atoms with van der Waals surface area (Å²) in [5, 5.41) is 5.70. The van der Waals surface area contributed by atoms with E-state index in [0.29, 0.717) is 29.7 Å². The highest BCUT2D eigenvalue weighted by Gasteiger charge is 2.29. The molecule has 3 atom stereocenters. The number of carbonyl (C=O) groups excluding carboxylic acids is 3. The lowest BCUT2D eigenvalue weighted by molar-refractivity contribution is 0.0112. The van der Waals surface area contributed by atoms with E-state index in [4.69, 9.17) is 25.8 Å². The van der Waals surface area contributed by atoms with Gasteiger partial charge in [0.2, 0.25) is 0 Å². The molecule has 0 bridgehead atoms. The largest absolute Gasteiger partial charge is 0.453 e. The van der Waals surface area contributed by atoms with Crippen LogP contribution in [0.15, 0.2) is 42.5 Å². The van der Waals surface area contributed by atoms with Crippen molar-refractivity contribution in [1.29, 1.82) is 0 Å². The fourth-order valence-corrected chi connectivity index (χ4v) is 5.14. The maximum absolute atomic E-state index is 14.3. The van der Waals surface area contributed by atoms with Gasteiger partial charge in [-0.15, -0.1) is 0 Å². The number of amides is 3. The maximum atomic E-state index is 14.3. The highest BCUT2D eigenvalue weighted by atomic mass is 35.5. The zero-order chi connectivity index (χ0) is 32.3. The summed E-state index contributed by atoms with van der Waals surface area (Å²) in [5.74, 6) is -0.632. The predicted molar refractivity (Wildman–Crippen MR) is 164 cm³/mol. The first-order valence-corrected chi connectivity index (χ1v) is 15.0. The van der Waals surface area contributed by atoms with Crippen LogP contribution in [0.4, 0.5) is 14.0 Å². The van der Waals surface area contributed by atoms with Crippen molar-refractivity contribution in [3.8, 4) is 0 Å². The van der Waals surface area contributed by atoms with Crippen molar-refractivity contribution in [1.82, 2.24) is 15.5 Å². The summed E-state index contributed by atoms with van der Waals surface area (Å²) >= 11 is 6.13. The lowest BCUT2D eigenvalue weighted by Gasteiger charge is -2.34. The molecule has 0 aliphatic carbocycles. The normalized spacial score (nSPS) is 16.4. The summed E-state index contributed by atoms with van der Waals surface area (Å²) in [6, 6.07) is 10.5. The molecule has 2 aromatic rings. The number of nitrogens with zero attached hydrogens (tertiary/aromatic N) is 1. The number of carbonyl (C=O) groups is 3. The van der Waals surface area contributed by atoms with E-state index in [2.05, 4.69) is 15.4 Å². The third-order valence-corrected chi connectivity index (χ3v) is 7.29. The zero-order valence-electron chi connectivity index (χ0n) is 26.0. The molecule has 1 aliphatic rings. The highest BCUT2D eigenvalue weighted by molar-refractivity contribution is 6.30. The topological polar surface area (TPSA) is 115 Å². The molecule has 0 radical (unpaired) electrons. The number of ether oxygens (including phenoxy) is 4. The van der Waals surface area contributed by atoms with Gasteiger partial charge < -0.3 is 34.5 Å². The van der Waals surface area contributed by atoms with Gasteiger partial charge in [-0.05, 0) is 87.4 Å². The van der Waals surface area contributed by atoms with Crippen LogP contribution in [0.5, 0.6) is 0 Å². The number of rotatable bonds is 12. The SMILES string of the molecule is COC(=O)NCCOC(c1cc(F)cc(Cl)c1)c1cccc(C(=O)NC[C@H](C[C@H]2CCCOC2)N(C)C(=O)OC(C)(C)C)c1. The van der Waals surface area contributed by atoms with Crippen molar-refractivity contribution in [3.05, 3.63) is 70.0 Å². The maximum Gasteiger partial charge on any atom is 0.410 e. The monoisotopic (exact) mass is 635 g/mol. The molecule has 0 saturated carbocycles. The Kier molecular flexibility index (Phi) is 13.2. The van der Waals surface area contributed by atoms with Gasteiger partial charge in [-0.3, -0.25) is 4.79 Å². The van der Waals surface area contributed by atoms with Crippen LogP contribution >= 0.6 is 11.6 Å². The second kappa shape index (κ2) is 16.6. The third-order valence-electron chi connectivity index (χ3n) is 7.07. The second-order valence-electron chi connectivity index (χ2n) is 11.8. The number of alkyl carbamates (subject to hydrolysis) is 1. The Morgan fingerprint density at radius 2 is 1.91 bits per heavy atom. The lowest BCUT2D eigenvalue weighted by atomic mass is 9.93. The van der Waals surface area contributed by atoms with Gasteiger partial charge in [0.05, 0.1) is 19.8 Å². The van der Waals surface area contributed by atoms with Gasteiger partial charge in [0.25, 0.3) is 5.91 Å². The van der Waals surface area contributed by atoms with E-state index in [1.54, 1.807) is 37.4 Å². The number of halogens is 2. The van der Waals surface area contributed by atoms with Crippen molar-refractivity contribution >= 4 is 29.7 Å². The van der Waals surface area contributed by atoms with Crippen LogP contribution in [0.2, 0.25) is 5.02 Å². The molecular weight excluding hydrogens is 593 g/mol. The molecule has 1 aliphatic heterocycles. The van der Waals surface area contributed by atoms with Crippen LogP contribution in [-0.4, -0.2) is 81.7 Å². The van der Waals surface area contributed by atoms with E-state index in [-0.39, 0.29) is 42.6 Å². The van der Waals surface area contributed by atoms with E-state index in [1.807, 2.05) is 20.8 Å². The first-order chi connectivity index (χ1) is 20.9. The van der Waals surface area contributed by atoms with Crippen LogP contribution in [-0.2, 0) is 18.9 Å². The van der Waals surface area contributed by atoms with Gasteiger partial charge in [-0.25, -0.2) is 14.0 Å². The molecular formula is C32H43ClFN3O7. The van der Waals surface area contributed by atoms with Crippen LogP contribution in [0.25, 0.3) is 0 Å². The molecule has 1 fully saturated rings. The minimum atomic E-state index is -0.784. The predicted octanol–water partition coefficient (Wildman–Crippen LogP) is 5.72. The Hall–Kier alpha value is -3.41. The molecule has 44 heavy (non-hydrogen) atoms.